The lowest BCUT2D eigenvalue weighted by Crippen LogP contribution is -2.05. The van der Waals surface area contributed by atoms with Crippen LogP contribution in [0.5, 0.6) is 0 Å². The van der Waals surface area contributed by atoms with Crippen molar-refractivity contribution in [2.45, 2.75) is 25.3 Å². The second kappa shape index (κ2) is 4.57. The minimum Gasteiger partial charge on any atom is -0.171 e. The third kappa shape index (κ3) is 3.04. The molecule has 0 rings (SSSR count). The van der Waals surface area contributed by atoms with E-state index in [1.807, 2.05) is 11.8 Å². The Morgan fingerprint density at radius 3 is 2.29 bits per heavy atom. The van der Waals surface area contributed by atoms with Crippen LogP contribution in [-0.2, 0) is 0 Å². The quantitative estimate of drug-likeness (QED) is 0.504. The van der Waals surface area contributed by atoms with Gasteiger partial charge in [-0.25, -0.2) is 0 Å². The zero-order valence-corrected chi connectivity index (χ0v) is 6.22. The smallest absolute Gasteiger partial charge is 0.133 e. The van der Waals surface area contributed by atoms with Gasteiger partial charge in [-0.2, -0.15) is 11.8 Å². The predicted molar refractivity (Wildman–Crippen MR) is 40.6 cm³/mol. The van der Waals surface area contributed by atoms with Crippen molar-refractivity contribution in [2.75, 3.05) is 6.26 Å². The van der Waals surface area contributed by atoms with Crippen LogP contribution in [0.15, 0.2) is 0 Å². The fourth-order valence-electron chi connectivity index (χ4n) is 0.622. The summed E-state index contributed by atoms with van der Waals surface area (Å²) in [6.07, 6.45) is 3.50. The van der Waals surface area contributed by atoms with Crippen molar-refractivity contribution in [3.8, 4) is 0 Å². The molecule has 0 spiro atoms. The molecular weight excluding hydrogens is 103 g/mol. The molecule has 0 fully saturated rings. The zero-order valence-electron chi connectivity index (χ0n) is 5.40. The topological polar surface area (TPSA) is 0 Å². The molecule has 42 valence electrons. The van der Waals surface area contributed by atoms with E-state index in [-0.39, 0.29) is 0 Å². The molecule has 0 heterocycles. The first kappa shape index (κ1) is 7.41. The SMILES string of the molecule is CB[C@@H](CC)SC. The molecule has 0 unspecified atom stereocenters. The van der Waals surface area contributed by atoms with Crippen molar-refractivity contribution in [1.29, 1.82) is 0 Å². The first-order valence-corrected chi connectivity index (χ1v) is 4.16. The van der Waals surface area contributed by atoms with Crippen LogP contribution in [0.4, 0.5) is 0 Å². The van der Waals surface area contributed by atoms with Gasteiger partial charge in [-0.3, -0.25) is 0 Å². The maximum absolute atomic E-state index is 2.24. The monoisotopic (exact) mass is 116 g/mol. The summed E-state index contributed by atoms with van der Waals surface area (Å²) in [6.45, 7) is 4.48. The highest BCUT2D eigenvalue weighted by Crippen LogP contribution is 2.07. The third-order valence-corrected chi connectivity index (χ3v) is 2.58. The molecule has 0 bridgehead atoms. The highest BCUT2D eigenvalue weighted by molar-refractivity contribution is 8.00. The number of hydrogen-bond donors (Lipinski definition) is 0. The lowest BCUT2D eigenvalue weighted by atomic mass is 9.76. The van der Waals surface area contributed by atoms with Crippen LogP contribution < -0.4 is 0 Å². The third-order valence-electron chi connectivity index (χ3n) is 1.24. The van der Waals surface area contributed by atoms with Crippen LogP contribution in [0.1, 0.15) is 13.3 Å². The van der Waals surface area contributed by atoms with Crippen LogP contribution in [0.2, 0.25) is 6.82 Å². The molecule has 0 aromatic heterocycles. The summed E-state index contributed by atoms with van der Waals surface area (Å²) in [6, 6.07) is 0. The van der Waals surface area contributed by atoms with Crippen LogP contribution in [0, 0.1) is 0 Å². The van der Waals surface area contributed by atoms with Crippen LogP contribution in [-0.4, -0.2) is 18.7 Å². The fourth-order valence-corrected chi connectivity index (χ4v) is 1.29. The number of thioether (sulfide) groups is 1. The number of hydrogen-bond acceptors (Lipinski definition) is 1. The minimum atomic E-state index is 0.903. The standard InChI is InChI=1S/C5H13BS/c1-4-5(6-2)7-3/h5-6H,4H2,1-3H3/t5-/m1/s1. The molecule has 0 aromatic rings. The Bertz CT molecular complexity index is 29.6. The van der Waals surface area contributed by atoms with Gasteiger partial charge in [0.15, 0.2) is 0 Å². The second-order valence-electron chi connectivity index (χ2n) is 1.67. The molecule has 0 radical (unpaired) electrons. The summed E-state index contributed by atoms with van der Waals surface area (Å²) in [4.78, 5) is 0. The van der Waals surface area contributed by atoms with E-state index in [0.717, 1.165) is 5.15 Å². The fraction of sp³-hybridized carbons (Fsp3) is 1.00. The van der Waals surface area contributed by atoms with Gasteiger partial charge in [0.2, 0.25) is 0 Å². The molecule has 1 atom stereocenters. The van der Waals surface area contributed by atoms with Crippen molar-refractivity contribution in [3.05, 3.63) is 0 Å². The highest BCUT2D eigenvalue weighted by atomic mass is 32.2. The van der Waals surface area contributed by atoms with Gasteiger partial charge >= 0.3 is 0 Å². The maximum Gasteiger partial charge on any atom is 0.133 e. The Morgan fingerprint density at radius 1 is 1.71 bits per heavy atom. The lowest BCUT2D eigenvalue weighted by molar-refractivity contribution is 1.04. The van der Waals surface area contributed by atoms with Gasteiger partial charge < -0.3 is 0 Å². The molecule has 7 heavy (non-hydrogen) atoms. The molecule has 0 aromatic carbocycles. The lowest BCUT2D eigenvalue weighted by Gasteiger charge is -2.03. The van der Waals surface area contributed by atoms with Gasteiger partial charge in [0.05, 0.1) is 0 Å². The van der Waals surface area contributed by atoms with Gasteiger partial charge in [-0.1, -0.05) is 20.2 Å². The van der Waals surface area contributed by atoms with E-state index in [1.54, 1.807) is 0 Å². The van der Waals surface area contributed by atoms with Crippen molar-refractivity contribution >= 4 is 19.0 Å². The maximum atomic E-state index is 2.24. The summed E-state index contributed by atoms with van der Waals surface area (Å²) in [5.41, 5.74) is 0. The van der Waals surface area contributed by atoms with E-state index in [9.17, 15) is 0 Å². The minimum absolute atomic E-state index is 0.903. The summed E-state index contributed by atoms with van der Waals surface area (Å²) >= 11 is 1.97. The summed E-state index contributed by atoms with van der Waals surface area (Å²) in [5.74, 6) is 0. The van der Waals surface area contributed by atoms with Crippen LogP contribution in [0.25, 0.3) is 0 Å². The molecule has 0 aliphatic carbocycles. The predicted octanol–water partition coefficient (Wildman–Crippen LogP) is 1.57. The van der Waals surface area contributed by atoms with E-state index < -0.39 is 0 Å². The first-order valence-electron chi connectivity index (χ1n) is 2.87. The largest absolute Gasteiger partial charge is 0.171 e. The van der Waals surface area contributed by atoms with Gasteiger partial charge in [0.1, 0.15) is 7.28 Å². The Balaban J connectivity index is 2.99. The normalized spacial score (nSPS) is 13.6. The molecule has 0 amide bonds. The zero-order chi connectivity index (χ0) is 5.70. The first-order chi connectivity index (χ1) is 3.35. The van der Waals surface area contributed by atoms with E-state index in [4.69, 9.17) is 0 Å². The molecule has 0 aliphatic heterocycles. The molecule has 0 aliphatic rings. The van der Waals surface area contributed by atoms with Crippen molar-refractivity contribution < 1.29 is 0 Å². The summed E-state index contributed by atoms with van der Waals surface area (Å²) in [7, 11) is 1.32. The summed E-state index contributed by atoms with van der Waals surface area (Å²) in [5, 5.41) is 0.903. The molecule has 2 heteroatoms. The van der Waals surface area contributed by atoms with E-state index in [1.165, 1.54) is 13.7 Å². The van der Waals surface area contributed by atoms with Crippen molar-refractivity contribution in [2.24, 2.45) is 0 Å². The molecule has 0 N–H and O–H groups in total. The van der Waals surface area contributed by atoms with E-state index in [2.05, 4.69) is 20.0 Å². The Hall–Kier alpha value is 0.415. The Labute approximate surface area is 51.3 Å². The highest BCUT2D eigenvalue weighted by Gasteiger charge is 1.98. The molecule has 0 saturated carbocycles. The molecule has 0 nitrogen and oxygen atoms in total. The van der Waals surface area contributed by atoms with Gasteiger partial charge in [0.25, 0.3) is 0 Å². The Morgan fingerprint density at radius 2 is 2.29 bits per heavy atom. The van der Waals surface area contributed by atoms with Crippen LogP contribution in [0.3, 0.4) is 0 Å². The molecular formula is C5H13BS. The Kier molecular flexibility index (Phi) is 4.84. The average Bonchev–Trinajstić information content (AvgIpc) is 1.72. The van der Waals surface area contributed by atoms with Gasteiger partial charge in [-0.15, -0.1) is 0 Å². The van der Waals surface area contributed by atoms with Gasteiger partial charge in [-0.05, 0) is 11.4 Å². The second-order valence-corrected chi connectivity index (χ2v) is 2.81. The molecule has 0 saturated heterocycles. The number of rotatable bonds is 3. The van der Waals surface area contributed by atoms with E-state index in [0.29, 0.717) is 0 Å². The van der Waals surface area contributed by atoms with Crippen LogP contribution >= 0.6 is 11.8 Å². The summed E-state index contributed by atoms with van der Waals surface area (Å²) < 4.78 is 0. The van der Waals surface area contributed by atoms with E-state index >= 15 is 0 Å². The van der Waals surface area contributed by atoms with Crippen molar-refractivity contribution in [3.63, 3.8) is 0 Å². The van der Waals surface area contributed by atoms with Gasteiger partial charge in [0, 0.05) is 0 Å². The average molecular weight is 116 g/mol. The van der Waals surface area contributed by atoms with Crippen molar-refractivity contribution in [1.82, 2.24) is 0 Å².